The van der Waals surface area contributed by atoms with Crippen LogP contribution in [0.1, 0.15) is 12.5 Å². The van der Waals surface area contributed by atoms with Gasteiger partial charge in [-0.1, -0.05) is 6.07 Å². The zero-order valence-corrected chi connectivity index (χ0v) is 14.4. The molecule has 1 amide bonds. The third-order valence-corrected chi connectivity index (χ3v) is 3.92. The summed E-state index contributed by atoms with van der Waals surface area (Å²) >= 11 is 0. The molecule has 1 aromatic rings. The highest BCUT2D eigenvalue weighted by Gasteiger charge is 2.15. The van der Waals surface area contributed by atoms with Gasteiger partial charge in [0, 0.05) is 0 Å². The predicted molar refractivity (Wildman–Crippen MR) is 92.3 cm³/mol. The van der Waals surface area contributed by atoms with Gasteiger partial charge < -0.3 is 24.8 Å². The number of hydrogen-bond acceptors (Lipinski definition) is 5. The van der Waals surface area contributed by atoms with Gasteiger partial charge in [-0.25, -0.2) is 0 Å². The van der Waals surface area contributed by atoms with E-state index in [4.69, 9.17) is 9.47 Å². The molecule has 1 aromatic carbocycles. The topological polar surface area (TPSA) is 96.0 Å². The first kappa shape index (κ1) is 18.8. The minimum Gasteiger partial charge on any atom is -0.504 e. The zero-order valence-electron chi connectivity index (χ0n) is 14.4. The van der Waals surface area contributed by atoms with Crippen molar-refractivity contribution in [3.63, 3.8) is 0 Å². The van der Waals surface area contributed by atoms with Crippen LogP contribution in [0.15, 0.2) is 23.8 Å². The van der Waals surface area contributed by atoms with Crippen molar-refractivity contribution in [2.24, 2.45) is 0 Å². The van der Waals surface area contributed by atoms with Crippen molar-refractivity contribution in [2.45, 2.75) is 6.92 Å². The summed E-state index contributed by atoms with van der Waals surface area (Å²) in [5, 5.41) is 21.7. The van der Waals surface area contributed by atoms with E-state index in [1.54, 1.807) is 12.1 Å². The molecule has 3 N–H and O–H groups in total. The van der Waals surface area contributed by atoms with E-state index in [9.17, 15) is 15.2 Å². The fourth-order valence-corrected chi connectivity index (χ4v) is 2.56. The van der Waals surface area contributed by atoms with Crippen LogP contribution in [0, 0.1) is 11.3 Å². The Labute approximate surface area is 147 Å². The van der Waals surface area contributed by atoms with Crippen LogP contribution < -0.4 is 15.0 Å². The van der Waals surface area contributed by atoms with E-state index in [2.05, 4.69) is 5.32 Å². The monoisotopic (exact) mass is 346 g/mol. The molecule has 1 heterocycles. The summed E-state index contributed by atoms with van der Waals surface area (Å²) in [5.41, 5.74) is 0.636. The Morgan fingerprint density at radius 3 is 2.92 bits per heavy atom. The van der Waals surface area contributed by atoms with Crippen LogP contribution in [0.4, 0.5) is 0 Å². The molecule has 0 aromatic heterocycles. The number of phenolic OH excluding ortho intramolecular Hbond substituents is 1. The largest absolute Gasteiger partial charge is 0.504 e. The van der Waals surface area contributed by atoms with Gasteiger partial charge in [0.25, 0.3) is 5.91 Å². The van der Waals surface area contributed by atoms with Crippen molar-refractivity contribution in [1.82, 2.24) is 5.32 Å². The first-order chi connectivity index (χ1) is 12.1. The fourth-order valence-electron chi connectivity index (χ4n) is 2.56. The van der Waals surface area contributed by atoms with Gasteiger partial charge in [0.2, 0.25) is 0 Å². The van der Waals surface area contributed by atoms with Gasteiger partial charge in [-0.2, -0.15) is 5.26 Å². The number of quaternary nitrogens is 1. The number of aromatic hydroxyl groups is 1. The molecule has 7 nitrogen and oxygen atoms in total. The number of morpholine rings is 1. The van der Waals surface area contributed by atoms with Crippen molar-refractivity contribution in [3.05, 3.63) is 29.3 Å². The predicted octanol–water partition coefficient (Wildman–Crippen LogP) is -0.271. The average molecular weight is 346 g/mol. The van der Waals surface area contributed by atoms with Crippen molar-refractivity contribution in [3.8, 4) is 17.6 Å². The Morgan fingerprint density at radius 2 is 2.24 bits per heavy atom. The van der Waals surface area contributed by atoms with Crippen LogP contribution >= 0.6 is 0 Å². The lowest BCUT2D eigenvalue weighted by atomic mass is 10.1. The van der Waals surface area contributed by atoms with Gasteiger partial charge in [-0.05, 0) is 30.7 Å². The Balaban J connectivity index is 1.95. The van der Waals surface area contributed by atoms with Gasteiger partial charge in [0.05, 0.1) is 32.9 Å². The summed E-state index contributed by atoms with van der Waals surface area (Å²) in [6, 6.07) is 6.63. The first-order valence-corrected chi connectivity index (χ1v) is 8.41. The van der Waals surface area contributed by atoms with Crippen LogP contribution in [0.25, 0.3) is 6.08 Å². The molecule has 0 radical (unpaired) electrons. The van der Waals surface area contributed by atoms with E-state index in [-0.39, 0.29) is 11.3 Å². The quantitative estimate of drug-likeness (QED) is 0.467. The van der Waals surface area contributed by atoms with Crippen LogP contribution in [0.5, 0.6) is 11.5 Å². The summed E-state index contributed by atoms with van der Waals surface area (Å²) in [6.45, 7) is 6.90. The highest BCUT2D eigenvalue weighted by atomic mass is 16.5. The van der Waals surface area contributed by atoms with Crippen LogP contribution in [-0.2, 0) is 9.53 Å². The number of carbonyl (C=O) groups excluding carboxylic acids is 1. The molecular weight excluding hydrogens is 322 g/mol. The molecule has 1 fully saturated rings. The summed E-state index contributed by atoms with van der Waals surface area (Å²) in [5.74, 6) is -0.0542. The summed E-state index contributed by atoms with van der Waals surface area (Å²) < 4.78 is 10.6. The van der Waals surface area contributed by atoms with Crippen molar-refractivity contribution in [2.75, 3.05) is 46.0 Å². The summed E-state index contributed by atoms with van der Waals surface area (Å²) in [4.78, 5) is 13.6. The second kappa shape index (κ2) is 9.67. The highest BCUT2D eigenvalue weighted by molar-refractivity contribution is 6.01. The van der Waals surface area contributed by atoms with Gasteiger partial charge in [-0.15, -0.1) is 0 Å². The standard InChI is InChI=1S/C18H23N3O4/c1-2-25-17-12-14(3-4-16(17)22)11-15(13-19)18(23)20-5-6-21-7-9-24-10-8-21/h3-4,11-12,22H,2,5-10H2,1H3,(H,20,23)/p+1/b15-11-. The lowest BCUT2D eigenvalue weighted by Crippen LogP contribution is -3.14. The zero-order chi connectivity index (χ0) is 18.1. The summed E-state index contributed by atoms with van der Waals surface area (Å²) in [6.07, 6.45) is 1.49. The maximum absolute atomic E-state index is 12.2. The van der Waals surface area contributed by atoms with Crippen LogP contribution in [0.2, 0.25) is 0 Å². The third kappa shape index (κ3) is 5.78. The molecule has 0 spiro atoms. The fraction of sp³-hybridized carbons (Fsp3) is 0.444. The van der Waals surface area contributed by atoms with Gasteiger partial charge in [0.1, 0.15) is 24.7 Å². The molecule has 25 heavy (non-hydrogen) atoms. The third-order valence-electron chi connectivity index (χ3n) is 3.92. The average Bonchev–Trinajstić information content (AvgIpc) is 2.63. The number of rotatable bonds is 7. The molecular formula is C18H24N3O4+. The van der Waals surface area contributed by atoms with E-state index in [1.165, 1.54) is 17.0 Å². The maximum atomic E-state index is 12.2. The number of nitriles is 1. The molecule has 2 rings (SSSR count). The van der Waals surface area contributed by atoms with E-state index < -0.39 is 5.91 Å². The lowest BCUT2D eigenvalue weighted by Gasteiger charge is -2.23. The van der Waals surface area contributed by atoms with Crippen LogP contribution in [0.3, 0.4) is 0 Å². The molecule has 134 valence electrons. The van der Waals surface area contributed by atoms with E-state index >= 15 is 0 Å². The molecule has 1 saturated heterocycles. The molecule has 7 heteroatoms. The Bertz CT molecular complexity index is 661. The molecule has 0 saturated carbocycles. The maximum Gasteiger partial charge on any atom is 0.262 e. The smallest absolute Gasteiger partial charge is 0.262 e. The Hall–Kier alpha value is -2.56. The number of amides is 1. The van der Waals surface area contributed by atoms with Crippen molar-refractivity contribution < 1.29 is 24.3 Å². The number of benzene rings is 1. The number of nitrogens with one attached hydrogen (secondary N) is 2. The minimum atomic E-state index is -0.402. The van der Waals surface area contributed by atoms with E-state index in [0.29, 0.717) is 24.5 Å². The normalized spacial score (nSPS) is 15.4. The highest BCUT2D eigenvalue weighted by Crippen LogP contribution is 2.27. The molecule has 1 aliphatic rings. The van der Waals surface area contributed by atoms with Gasteiger partial charge in [0.15, 0.2) is 11.5 Å². The molecule has 0 unspecified atom stereocenters. The van der Waals surface area contributed by atoms with Gasteiger partial charge >= 0.3 is 0 Å². The van der Waals surface area contributed by atoms with Crippen molar-refractivity contribution in [1.29, 1.82) is 5.26 Å². The van der Waals surface area contributed by atoms with Crippen LogP contribution in [-0.4, -0.2) is 57.0 Å². The number of phenols is 1. The van der Waals surface area contributed by atoms with E-state index in [0.717, 1.165) is 32.8 Å². The second-order valence-electron chi connectivity index (χ2n) is 5.70. The molecule has 0 atom stereocenters. The number of hydrogen-bond donors (Lipinski definition) is 3. The molecule has 0 bridgehead atoms. The number of carbonyl (C=O) groups is 1. The number of ether oxygens (including phenoxy) is 2. The van der Waals surface area contributed by atoms with E-state index in [1.807, 2.05) is 13.0 Å². The first-order valence-electron chi connectivity index (χ1n) is 8.41. The van der Waals surface area contributed by atoms with Crippen molar-refractivity contribution >= 4 is 12.0 Å². The second-order valence-corrected chi connectivity index (χ2v) is 5.70. The Kier molecular flexibility index (Phi) is 7.26. The number of nitrogens with zero attached hydrogens (tertiary/aromatic N) is 1. The van der Waals surface area contributed by atoms with Gasteiger partial charge in [-0.3, -0.25) is 4.79 Å². The minimum absolute atomic E-state index is 0.0186. The summed E-state index contributed by atoms with van der Waals surface area (Å²) in [7, 11) is 0. The molecule has 0 aliphatic carbocycles. The lowest BCUT2D eigenvalue weighted by molar-refractivity contribution is -0.906. The molecule has 1 aliphatic heterocycles. The Morgan fingerprint density at radius 1 is 1.48 bits per heavy atom. The SMILES string of the molecule is CCOc1cc(/C=C(/C#N)C(=O)NCC[NH+]2CCOCC2)ccc1O.